The summed E-state index contributed by atoms with van der Waals surface area (Å²) < 4.78 is 1.93. The molecule has 2 bridgehead atoms. The van der Waals surface area contributed by atoms with Gasteiger partial charge in [0, 0.05) is 49.9 Å². The van der Waals surface area contributed by atoms with E-state index in [1.807, 2.05) is 28.8 Å². The van der Waals surface area contributed by atoms with Gasteiger partial charge in [-0.1, -0.05) is 18.6 Å². The highest BCUT2D eigenvalue weighted by Gasteiger charge is 2.37. The fourth-order valence-electron chi connectivity index (χ4n) is 5.26. The Balaban J connectivity index is 1.32. The molecule has 4 fully saturated rings. The molecule has 1 saturated carbocycles. The monoisotopic (exact) mass is 379 g/mol. The van der Waals surface area contributed by atoms with Crippen LogP contribution in [0.5, 0.6) is 0 Å². The van der Waals surface area contributed by atoms with Gasteiger partial charge in [-0.25, -0.2) is 0 Å². The van der Waals surface area contributed by atoms with Crippen molar-refractivity contribution < 1.29 is 4.79 Å². The maximum atomic E-state index is 13.2. The van der Waals surface area contributed by atoms with Crippen LogP contribution in [-0.4, -0.2) is 52.5 Å². The van der Waals surface area contributed by atoms with E-state index >= 15 is 0 Å². The Labute approximate surface area is 165 Å². The maximum absolute atomic E-state index is 13.2. The summed E-state index contributed by atoms with van der Waals surface area (Å²) in [5.41, 5.74) is 0.853. The third-order valence-corrected chi connectivity index (χ3v) is 7.09. The fourth-order valence-corrected chi connectivity index (χ4v) is 5.26. The topological polar surface area (TPSA) is 45.6 Å². The van der Waals surface area contributed by atoms with Crippen LogP contribution < -0.4 is 5.43 Å². The first-order valence-electron chi connectivity index (χ1n) is 10.8. The standard InChI is InChI=1S/C23H29N3O2/c27-22-10-11-24(21-7-2-1-6-20(21)22)16-23(28)26-14-18-8-9-19(15-26)25(13-18)12-17-4-3-5-17/h1-2,6-7,10-11,17-19H,3-5,8-9,12-16H2/t18-,19-/m0/s1. The number of hydrogen-bond acceptors (Lipinski definition) is 3. The molecular weight excluding hydrogens is 350 g/mol. The molecule has 28 heavy (non-hydrogen) atoms. The van der Waals surface area contributed by atoms with E-state index in [0.717, 1.165) is 31.1 Å². The highest BCUT2D eigenvalue weighted by atomic mass is 16.2. The van der Waals surface area contributed by atoms with E-state index < -0.39 is 0 Å². The number of hydrogen-bond donors (Lipinski definition) is 0. The van der Waals surface area contributed by atoms with Crippen molar-refractivity contribution in [2.45, 2.75) is 44.7 Å². The molecule has 0 spiro atoms. The smallest absolute Gasteiger partial charge is 0.242 e. The van der Waals surface area contributed by atoms with E-state index in [2.05, 4.69) is 9.80 Å². The molecule has 2 aromatic rings. The van der Waals surface area contributed by atoms with E-state index in [0.29, 0.717) is 23.9 Å². The molecule has 1 aromatic heterocycles. The van der Waals surface area contributed by atoms with Crippen molar-refractivity contribution in [1.82, 2.24) is 14.4 Å². The Bertz CT molecular complexity index is 933. The molecule has 5 heteroatoms. The summed E-state index contributed by atoms with van der Waals surface area (Å²) in [6.07, 6.45) is 8.40. The number of pyridine rings is 1. The quantitative estimate of drug-likeness (QED) is 0.821. The Morgan fingerprint density at radius 2 is 1.86 bits per heavy atom. The average Bonchev–Trinajstić information content (AvgIpc) is 2.99. The lowest BCUT2D eigenvalue weighted by atomic mass is 9.83. The molecule has 4 aliphatic rings. The van der Waals surface area contributed by atoms with E-state index in [1.54, 1.807) is 12.3 Å². The van der Waals surface area contributed by atoms with E-state index in [9.17, 15) is 9.59 Å². The lowest BCUT2D eigenvalue weighted by molar-refractivity contribution is -0.132. The van der Waals surface area contributed by atoms with Gasteiger partial charge < -0.3 is 9.47 Å². The van der Waals surface area contributed by atoms with Gasteiger partial charge in [0.1, 0.15) is 6.54 Å². The number of amides is 1. The molecule has 0 N–H and O–H groups in total. The highest BCUT2D eigenvalue weighted by Crippen LogP contribution is 2.33. The fraction of sp³-hybridized carbons (Fsp3) is 0.565. The molecular formula is C23H29N3O2. The van der Waals surface area contributed by atoms with Gasteiger partial charge in [-0.15, -0.1) is 0 Å². The summed E-state index contributed by atoms with van der Waals surface area (Å²) in [4.78, 5) is 30.0. The minimum atomic E-state index is 0.0127. The first kappa shape index (κ1) is 17.9. The number of carbonyl (C=O) groups is 1. The third-order valence-electron chi connectivity index (χ3n) is 7.09. The van der Waals surface area contributed by atoms with Crippen molar-refractivity contribution in [3.63, 3.8) is 0 Å². The minimum Gasteiger partial charge on any atom is -0.339 e. The molecule has 4 heterocycles. The number of carbonyl (C=O) groups excluding carboxylic acids is 1. The van der Waals surface area contributed by atoms with Crippen molar-refractivity contribution in [2.24, 2.45) is 11.8 Å². The first-order valence-corrected chi connectivity index (χ1v) is 10.8. The molecule has 148 valence electrons. The van der Waals surface area contributed by atoms with Gasteiger partial charge in [0.2, 0.25) is 5.91 Å². The lowest BCUT2D eigenvalue weighted by Gasteiger charge is -2.40. The predicted molar refractivity (Wildman–Crippen MR) is 110 cm³/mol. The van der Waals surface area contributed by atoms with Gasteiger partial charge in [-0.2, -0.15) is 0 Å². The Morgan fingerprint density at radius 3 is 2.68 bits per heavy atom. The van der Waals surface area contributed by atoms with Crippen molar-refractivity contribution in [3.8, 4) is 0 Å². The summed E-state index contributed by atoms with van der Waals surface area (Å²) in [7, 11) is 0. The first-order chi connectivity index (χ1) is 13.7. The van der Waals surface area contributed by atoms with Crippen molar-refractivity contribution in [3.05, 3.63) is 46.8 Å². The van der Waals surface area contributed by atoms with Crippen LogP contribution in [0.2, 0.25) is 0 Å². The normalized spacial score (nSPS) is 25.6. The van der Waals surface area contributed by atoms with Gasteiger partial charge in [-0.05, 0) is 49.7 Å². The van der Waals surface area contributed by atoms with Crippen LogP contribution in [0, 0.1) is 11.8 Å². The van der Waals surface area contributed by atoms with Gasteiger partial charge in [0.05, 0.1) is 5.52 Å². The number of benzene rings is 1. The van der Waals surface area contributed by atoms with Crippen LogP contribution in [0.1, 0.15) is 32.1 Å². The Morgan fingerprint density at radius 1 is 1.00 bits per heavy atom. The van der Waals surface area contributed by atoms with E-state index in [4.69, 9.17) is 0 Å². The van der Waals surface area contributed by atoms with Crippen molar-refractivity contribution in [2.75, 3.05) is 26.2 Å². The van der Waals surface area contributed by atoms with Crippen LogP contribution >= 0.6 is 0 Å². The Hall–Kier alpha value is -2.14. The van der Waals surface area contributed by atoms with Gasteiger partial charge >= 0.3 is 0 Å². The van der Waals surface area contributed by atoms with Crippen LogP contribution in [0.3, 0.4) is 0 Å². The summed E-state index contributed by atoms with van der Waals surface area (Å²) in [5.74, 6) is 1.67. The SMILES string of the molecule is O=C(Cn1ccc(=O)c2ccccc21)N1C[C@H]2CC[C@@H](C1)N(CC1CCC1)C2. The van der Waals surface area contributed by atoms with E-state index in [-0.39, 0.29) is 11.3 Å². The number of fused-ring (bicyclic) bond motifs is 5. The third kappa shape index (κ3) is 3.37. The summed E-state index contributed by atoms with van der Waals surface area (Å²) in [6.45, 7) is 4.44. The molecule has 1 aliphatic carbocycles. The molecule has 6 rings (SSSR count). The number of rotatable bonds is 4. The van der Waals surface area contributed by atoms with Gasteiger partial charge in [-0.3, -0.25) is 14.5 Å². The lowest BCUT2D eigenvalue weighted by Crippen LogP contribution is -2.47. The second kappa shape index (κ2) is 7.36. The number of para-hydroxylation sites is 1. The summed E-state index contributed by atoms with van der Waals surface area (Å²) >= 11 is 0. The summed E-state index contributed by atoms with van der Waals surface area (Å²) in [6, 6.07) is 9.66. The molecule has 0 radical (unpaired) electrons. The van der Waals surface area contributed by atoms with Crippen LogP contribution in [0.15, 0.2) is 41.3 Å². The molecule has 3 saturated heterocycles. The predicted octanol–water partition coefficient (Wildman–Crippen LogP) is 2.72. The van der Waals surface area contributed by atoms with Gasteiger partial charge in [0.25, 0.3) is 0 Å². The zero-order valence-electron chi connectivity index (χ0n) is 16.4. The largest absolute Gasteiger partial charge is 0.339 e. The number of nitrogens with zero attached hydrogens (tertiary/aromatic N) is 3. The molecule has 1 amide bonds. The minimum absolute atomic E-state index is 0.0127. The molecule has 0 unspecified atom stereocenters. The second-order valence-electron chi connectivity index (χ2n) is 8.97. The molecule has 5 nitrogen and oxygen atoms in total. The number of piperidine rings is 1. The molecule has 2 atom stereocenters. The van der Waals surface area contributed by atoms with Crippen LogP contribution in [-0.2, 0) is 11.3 Å². The number of aromatic nitrogens is 1. The zero-order chi connectivity index (χ0) is 19.1. The van der Waals surface area contributed by atoms with Crippen molar-refractivity contribution in [1.29, 1.82) is 0 Å². The molecule has 1 aromatic carbocycles. The average molecular weight is 380 g/mol. The van der Waals surface area contributed by atoms with Crippen molar-refractivity contribution >= 4 is 16.8 Å². The zero-order valence-corrected chi connectivity index (χ0v) is 16.4. The highest BCUT2D eigenvalue weighted by molar-refractivity contribution is 5.82. The second-order valence-corrected chi connectivity index (χ2v) is 8.97. The van der Waals surface area contributed by atoms with Crippen LogP contribution in [0.25, 0.3) is 10.9 Å². The van der Waals surface area contributed by atoms with E-state index in [1.165, 1.54) is 38.6 Å². The maximum Gasteiger partial charge on any atom is 0.242 e. The molecule has 3 aliphatic heterocycles. The Kier molecular flexibility index (Phi) is 4.71. The summed E-state index contributed by atoms with van der Waals surface area (Å²) in [5, 5.41) is 0.681. The van der Waals surface area contributed by atoms with Crippen LogP contribution in [0.4, 0.5) is 0 Å². The van der Waals surface area contributed by atoms with Gasteiger partial charge in [0.15, 0.2) is 5.43 Å².